The number of nitrogens with zero attached hydrogens (tertiary/aromatic N) is 1. The van der Waals surface area contributed by atoms with Crippen molar-refractivity contribution in [2.45, 2.75) is 6.10 Å². The summed E-state index contributed by atoms with van der Waals surface area (Å²) in [5, 5.41) is 23.1. The number of nitro groups is 1. The number of rotatable bonds is 7. The number of nitro benzene ring substituents is 1. The van der Waals surface area contributed by atoms with Crippen LogP contribution in [0.25, 0.3) is 0 Å². The first-order valence-electron chi connectivity index (χ1n) is 7.03. The zero-order valence-electron chi connectivity index (χ0n) is 12.5. The summed E-state index contributed by atoms with van der Waals surface area (Å²) in [4.78, 5) is 21.8. The molecule has 0 aliphatic carbocycles. The van der Waals surface area contributed by atoms with Gasteiger partial charge in [-0.2, -0.15) is 0 Å². The molecule has 1 atom stereocenters. The number of non-ortho nitro benzene ring substituents is 1. The second-order valence-corrected chi connectivity index (χ2v) is 5.83. The maximum Gasteiger partial charge on any atom is 0.269 e. The fourth-order valence-corrected chi connectivity index (χ4v) is 2.28. The summed E-state index contributed by atoms with van der Waals surface area (Å²) in [6.45, 7) is -0.193. The van der Waals surface area contributed by atoms with Gasteiger partial charge in [0.15, 0.2) is 6.61 Å². The van der Waals surface area contributed by atoms with Gasteiger partial charge >= 0.3 is 0 Å². The van der Waals surface area contributed by atoms with Crippen molar-refractivity contribution in [3.63, 3.8) is 0 Å². The molecule has 2 N–H and O–H groups in total. The van der Waals surface area contributed by atoms with Gasteiger partial charge in [0.25, 0.3) is 11.6 Å². The van der Waals surface area contributed by atoms with Crippen LogP contribution in [0.5, 0.6) is 5.75 Å². The molecule has 0 radical (unpaired) electrons. The second-order valence-electron chi connectivity index (χ2n) is 4.91. The van der Waals surface area contributed by atoms with Crippen molar-refractivity contribution in [3.05, 3.63) is 68.7 Å². The van der Waals surface area contributed by atoms with Crippen molar-refractivity contribution in [2.24, 2.45) is 0 Å². The summed E-state index contributed by atoms with van der Waals surface area (Å²) >= 11 is 3.30. The highest BCUT2D eigenvalue weighted by atomic mass is 79.9. The van der Waals surface area contributed by atoms with Gasteiger partial charge in [-0.25, -0.2) is 0 Å². The molecule has 2 aromatic rings. The van der Waals surface area contributed by atoms with Crippen molar-refractivity contribution in [2.75, 3.05) is 13.2 Å². The molecule has 2 aromatic carbocycles. The Labute approximate surface area is 146 Å². The van der Waals surface area contributed by atoms with E-state index in [4.69, 9.17) is 4.74 Å². The number of carbonyl (C=O) groups is 1. The molecule has 0 aromatic heterocycles. The Bertz CT molecular complexity index is 721. The highest BCUT2D eigenvalue weighted by Crippen LogP contribution is 2.18. The van der Waals surface area contributed by atoms with Gasteiger partial charge in [-0.15, -0.1) is 0 Å². The Morgan fingerprint density at radius 2 is 2.00 bits per heavy atom. The van der Waals surface area contributed by atoms with Gasteiger partial charge in [-0.05, 0) is 35.9 Å². The average molecular weight is 395 g/mol. The van der Waals surface area contributed by atoms with E-state index in [0.29, 0.717) is 11.3 Å². The van der Waals surface area contributed by atoms with E-state index in [1.54, 1.807) is 18.2 Å². The van der Waals surface area contributed by atoms with Crippen LogP contribution in [0.3, 0.4) is 0 Å². The van der Waals surface area contributed by atoms with E-state index in [2.05, 4.69) is 21.2 Å². The van der Waals surface area contributed by atoms with Gasteiger partial charge in [0.2, 0.25) is 0 Å². The summed E-state index contributed by atoms with van der Waals surface area (Å²) < 4.78 is 6.17. The number of halogens is 1. The first-order chi connectivity index (χ1) is 11.5. The maximum atomic E-state index is 11.7. The molecule has 0 heterocycles. The summed E-state index contributed by atoms with van der Waals surface area (Å²) in [5.74, 6) is 0.173. The summed E-state index contributed by atoms with van der Waals surface area (Å²) in [6.07, 6.45) is -0.958. The Kier molecular flexibility index (Phi) is 6.28. The number of hydrogen-bond donors (Lipinski definition) is 2. The van der Waals surface area contributed by atoms with Crippen LogP contribution in [-0.2, 0) is 4.79 Å². The standard InChI is InChI=1S/C16H15BrN2O5/c17-12-2-1-3-14(8-12)24-10-16(21)18-9-15(20)11-4-6-13(7-5-11)19(22)23/h1-8,15,20H,9-10H2,(H,18,21). The molecule has 0 aliphatic rings. The molecular formula is C16H15BrN2O5. The molecule has 24 heavy (non-hydrogen) atoms. The number of ether oxygens (including phenoxy) is 1. The SMILES string of the molecule is O=C(COc1cccc(Br)c1)NCC(O)c1ccc([N+](=O)[O-])cc1. The highest BCUT2D eigenvalue weighted by molar-refractivity contribution is 9.10. The second kappa shape index (κ2) is 8.42. The minimum absolute atomic E-state index is 0.0154. The lowest BCUT2D eigenvalue weighted by Crippen LogP contribution is -2.32. The van der Waals surface area contributed by atoms with E-state index >= 15 is 0 Å². The number of aliphatic hydroxyl groups is 1. The van der Waals surface area contributed by atoms with Gasteiger partial charge in [0, 0.05) is 23.2 Å². The van der Waals surface area contributed by atoms with Crippen LogP contribution >= 0.6 is 15.9 Å². The molecule has 0 fully saturated rings. The fourth-order valence-electron chi connectivity index (χ4n) is 1.90. The van der Waals surface area contributed by atoms with Crippen molar-refractivity contribution < 1.29 is 19.6 Å². The number of nitrogens with one attached hydrogen (secondary N) is 1. The maximum absolute atomic E-state index is 11.7. The van der Waals surface area contributed by atoms with E-state index in [9.17, 15) is 20.0 Å². The van der Waals surface area contributed by atoms with Gasteiger partial charge < -0.3 is 15.2 Å². The van der Waals surface area contributed by atoms with Crippen molar-refractivity contribution in [1.82, 2.24) is 5.32 Å². The quantitative estimate of drug-likeness (QED) is 0.554. The molecule has 8 heteroatoms. The van der Waals surface area contributed by atoms with Crippen LogP contribution in [0.1, 0.15) is 11.7 Å². The van der Waals surface area contributed by atoms with Gasteiger partial charge in [0.05, 0.1) is 11.0 Å². The number of carbonyl (C=O) groups excluding carboxylic acids is 1. The predicted octanol–water partition coefficient (Wildman–Crippen LogP) is 2.59. The molecule has 0 bridgehead atoms. The van der Waals surface area contributed by atoms with Crippen LogP contribution < -0.4 is 10.1 Å². The molecule has 0 aliphatic heterocycles. The topological polar surface area (TPSA) is 102 Å². The van der Waals surface area contributed by atoms with Crippen molar-refractivity contribution in [1.29, 1.82) is 0 Å². The molecule has 2 rings (SSSR count). The van der Waals surface area contributed by atoms with Gasteiger partial charge in [-0.3, -0.25) is 14.9 Å². The summed E-state index contributed by atoms with van der Waals surface area (Å²) in [7, 11) is 0. The highest BCUT2D eigenvalue weighted by Gasteiger charge is 2.12. The third kappa shape index (κ3) is 5.32. The van der Waals surface area contributed by atoms with Crippen molar-refractivity contribution >= 4 is 27.5 Å². The third-order valence-electron chi connectivity index (χ3n) is 3.15. The monoisotopic (exact) mass is 394 g/mol. The lowest BCUT2D eigenvalue weighted by atomic mass is 10.1. The molecule has 0 saturated heterocycles. The van der Waals surface area contributed by atoms with Gasteiger partial charge in [0.1, 0.15) is 5.75 Å². The molecular weight excluding hydrogens is 380 g/mol. The van der Waals surface area contributed by atoms with Gasteiger partial charge in [-0.1, -0.05) is 22.0 Å². The Hall–Kier alpha value is -2.45. The molecule has 126 valence electrons. The Morgan fingerprint density at radius 1 is 1.29 bits per heavy atom. The normalized spacial score (nSPS) is 11.6. The van der Waals surface area contributed by atoms with E-state index in [1.807, 2.05) is 6.07 Å². The van der Waals surface area contributed by atoms with E-state index in [1.165, 1.54) is 24.3 Å². The Morgan fingerprint density at radius 3 is 2.62 bits per heavy atom. The average Bonchev–Trinajstić information content (AvgIpc) is 2.58. The molecule has 7 nitrogen and oxygen atoms in total. The zero-order chi connectivity index (χ0) is 17.5. The molecule has 0 saturated carbocycles. The molecule has 0 spiro atoms. The largest absolute Gasteiger partial charge is 0.484 e. The first-order valence-corrected chi connectivity index (χ1v) is 7.82. The molecule has 1 unspecified atom stereocenters. The van der Waals surface area contributed by atoms with E-state index < -0.39 is 11.0 Å². The minimum Gasteiger partial charge on any atom is -0.484 e. The summed E-state index contributed by atoms with van der Waals surface area (Å²) in [5.41, 5.74) is 0.422. The third-order valence-corrected chi connectivity index (χ3v) is 3.64. The van der Waals surface area contributed by atoms with E-state index in [0.717, 1.165) is 4.47 Å². The number of benzene rings is 2. The van der Waals surface area contributed by atoms with Crippen LogP contribution in [0, 0.1) is 10.1 Å². The number of aliphatic hydroxyl groups excluding tert-OH is 1. The Balaban J connectivity index is 1.79. The lowest BCUT2D eigenvalue weighted by molar-refractivity contribution is -0.384. The number of hydrogen-bond acceptors (Lipinski definition) is 5. The van der Waals surface area contributed by atoms with Crippen LogP contribution in [-0.4, -0.2) is 29.1 Å². The first kappa shape index (κ1) is 17.9. The molecule has 1 amide bonds. The van der Waals surface area contributed by atoms with Crippen LogP contribution in [0.4, 0.5) is 5.69 Å². The minimum atomic E-state index is -0.958. The zero-order valence-corrected chi connectivity index (χ0v) is 14.1. The number of amides is 1. The van der Waals surface area contributed by atoms with Crippen LogP contribution in [0.15, 0.2) is 53.0 Å². The summed E-state index contributed by atoms with van der Waals surface area (Å²) in [6, 6.07) is 12.6. The van der Waals surface area contributed by atoms with Crippen molar-refractivity contribution in [3.8, 4) is 5.75 Å². The van der Waals surface area contributed by atoms with E-state index in [-0.39, 0.29) is 24.7 Å². The van der Waals surface area contributed by atoms with Crippen LogP contribution in [0.2, 0.25) is 0 Å². The fraction of sp³-hybridized carbons (Fsp3) is 0.188. The lowest BCUT2D eigenvalue weighted by Gasteiger charge is -2.12. The smallest absolute Gasteiger partial charge is 0.269 e. The predicted molar refractivity (Wildman–Crippen MR) is 90.7 cm³/mol.